The van der Waals surface area contributed by atoms with E-state index in [1.165, 1.54) is 26.0 Å². The molecule has 1 amide bonds. The highest BCUT2D eigenvalue weighted by Gasteiger charge is 2.39. The summed E-state index contributed by atoms with van der Waals surface area (Å²) in [6.07, 6.45) is -4.78. The van der Waals surface area contributed by atoms with Crippen LogP contribution in [0.2, 0.25) is 5.02 Å². The van der Waals surface area contributed by atoms with Crippen LogP contribution in [0.15, 0.2) is 18.2 Å². The largest absolute Gasteiger partial charge is 0.494 e. The molecule has 2 rings (SSSR count). The number of nitrogens with one attached hydrogen (secondary N) is 1. The third-order valence-electron chi connectivity index (χ3n) is 3.83. The first-order chi connectivity index (χ1) is 13.0. The second-order valence-electron chi connectivity index (χ2n) is 5.72. The second-order valence-corrected chi connectivity index (χ2v) is 6.10. The lowest BCUT2D eigenvalue weighted by molar-refractivity contribution is -0.384. The number of hydrogen-bond donors (Lipinski definition) is 1. The van der Waals surface area contributed by atoms with Crippen LogP contribution in [0.3, 0.4) is 0 Å². The Morgan fingerprint density at radius 1 is 1.46 bits per heavy atom. The summed E-state index contributed by atoms with van der Waals surface area (Å²) < 4.78 is 44.8. The lowest BCUT2D eigenvalue weighted by atomic mass is 10.2. The second kappa shape index (κ2) is 8.05. The number of rotatable bonds is 6. The Morgan fingerprint density at radius 2 is 2.11 bits per heavy atom. The number of benzene rings is 1. The standard InChI is InChI=1S/C16H16ClF3N4O4/c1-4-28-10-5-6-11(12(7-10)24(26)27)21-15(25)9(3)23-8(2)13(17)14(22-23)16(18,19)20/h5-7,9H,4H2,1-3H3,(H,21,25). The first-order valence-electron chi connectivity index (χ1n) is 8.01. The van der Waals surface area contributed by atoms with Gasteiger partial charge >= 0.3 is 6.18 Å². The van der Waals surface area contributed by atoms with E-state index in [9.17, 15) is 28.1 Å². The quantitative estimate of drug-likeness (QED) is 0.552. The first-order valence-corrected chi connectivity index (χ1v) is 8.39. The molecule has 1 atom stereocenters. The number of nitro benzene ring substituents is 1. The maximum Gasteiger partial charge on any atom is 0.436 e. The van der Waals surface area contributed by atoms with Gasteiger partial charge in [-0.25, -0.2) is 0 Å². The van der Waals surface area contributed by atoms with E-state index >= 15 is 0 Å². The third kappa shape index (κ3) is 4.35. The molecule has 0 spiro atoms. The minimum absolute atomic E-state index is 0.0576. The summed E-state index contributed by atoms with van der Waals surface area (Å²) in [4.78, 5) is 23.0. The normalized spacial score (nSPS) is 12.5. The van der Waals surface area contributed by atoms with E-state index in [-0.39, 0.29) is 17.1 Å². The molecule has 0 saturated carbocycles. The summed E-state index contributed by atoms with van der Waals surface area (Å²) in [6.45, 7) is 4.58. The van der Waals surface area contributed by atoms with Gasteiger partial charge in [0.05, 0.1) is 28.3 Å². The molecule has 1 unspecified atom stereocenters. The number of alkyl halides is 3. The Bertz CT molecular complexity index is 914. The number of aromatic nitrogens is 2. The van der Waals surface area contributed by atoms with Gasteiger partial charge in [-0.1, -0.05) is 11.6 Å². The Labute approximate surface area is 162 Å². The van der Waals surface area contributed by atoms with E-state index in [2.05, 4.69) is 10.4 Å². The van der Waals surface area contributed by atoms with Gasteiger partial charge in [0.15, 0.2) is 5.69 Å². The average Bonchev–Trinajstić information content (AvgIpc) is 2.91. The maximum atomic E-state index is 12.9. The Hall–Kier alpha value is -2.82. The molecular weight excluding hydrogens is 405 g/mol. The smallest absolute Gasteiger partial charge is 0.436 e. The van der Waals surface area contributed by atoms with Crippen molar-refractivity contribution in [1.82, 2.24) is 9.78 Å². The average molecular weight is 421 g/mol. The number of carbonyl (C=O) groups is 1. The zero-order valence-corrected chi connectivity index (χ0v) is 15.8. The number of anilines is 1. The van der Waals surface area contributed by atoms with Gasteiger partial charge in [0.2, 0.25) is 5.91 Å². The van der Waals surface area contributed by atoms with Gasteiger partial charge in [0, 0.05) is 0 Å². The predicted molar refractivity (Wildman–Crippen MR) is 94.6 cm³/mol. The van der Waals surface area contributed by atoms with Crippen molar-refractivity contribution in [1.29, 1.82) is 0 Å². The van der Waals surface area contributed by atoms with Crippen molar-refractivity contribution >= 4 is 28.9 Å². The minimum Gasteiger partial charge on any atom is -0.494 e. The van der Waals surface area contributed by atoms with Crippen molar-refractivity contribution in [2.24, 2.45) is 0 Å². The molecule has 12 heteroatoms. The first kappa shape index (κ1) is 21.5. The molecule has 0 aliphatic carbocycles. The van der Waals surface area contributed by atoms with Gasteiger partial charge in [-0.15, -0.1) is 0 Å². The molecule has 0 saturated heterocycles. The van der Waals surface area contributed by atoms with E-state index < -0.39 is 39.5 Å². The summed E-state index contributed by atoms with van der Waals surface area (Å²) in [7, 11) is 0. The summed E-state index contributed by atoms with van der Waals surface area (Å²) >= 11 is 5.68. The fourth-order valence-corrected chi connectivity index (χ4v) is 2.66. The van der Waals surface area contributed by atoms with Crippen molar-refractivity contribution in [3.8, 4) is 5.75 Å². The number of nitro groups is 1. The molecule has 0 radical (unpaired) electrons. The van der Waals surface area contributed by atoms with Crippen LogP contribution in [0.1, 0.15) is 31.3 Å². The lowest BCUT2D eigenvalue weighted by Gasteiger charge is -2.15. The molecule has 0 fully saturated rings. The number of nitrogens with zero attached hydrogens (tertiary/aromatic N) is 3. The fraction of sp³-hybridized carbons (Fsp3) is 0.375. The third-order valence-corrected chi connectivity index (χ3v) is 4.28. The maximum absolute atomic E-state index is 12.9. The van der Waals surface area contributed by atoms with Gasteiger partial charge in [0.25, 0.3) is 5.69 Å². The van der Waals surface area contributed by atoms with Crippen molar-refractivity contribution < 1.29 is 27.6 Å². The van der Waals surface area contributed by atoms with Crippen molar-refractivity contribution in [3.05, 3.63) is 44.7 Å². The van der Waals surface area contributed by atoms with Crippen molar-refractivity contribution in [2.75, 3.05) is 11.9 Å². The van der Waals surface area contributed by atoms with Crippen LogP contribution >= 0.6 is 11.6 Å². The zero-order valence-electron chi connectivity index (χ0n) is 15.0. The van der Waals surface area contributed by atoms with E-state index in [0.717, 1.165) is 10.7 Å². The highest BCUT2D eigenvalue weighted by molar-refractivity contribution is 6.32. The summed E-state index contributed by atoms with van der Waals surface area (Å²) in [5, 5.41) is 16.4. The molecule has 1 aromatic carbocycles. The van der Waals surface area contributed by atoms with Gasteiger partial charge in [-0.3, -0.25) is 19.6 Å². The van der Waals surface area contributed by atoms with Crippen LogP contribution in [-0.2, 0) is 11.0 Å². The molecule has 1 N–H and O–H groups in total. The van der Waals surface area contributed by atoms with E-state index in [0.29, 0.717) is 6.61 Å². The van der Waals surface area contributed by atoms with Crippen LogP contribution in [0, 0.1) is 17.0 Å². The highest BCUT2D eigenvalue weighted by Crippen LogP contribution is 2.36. The van der Waals surface area contributed by atoms with Crippen LogP contribution < -0.4 is 10.1 Å². The molecule has 1 aromatic heterocycles. The van der Waals surface area contributed by atoms with E-state index in [4.69, 9.17) is 16.3 Å². The van der Waals surface area contributed by atoms with E-state index in [1.807, 2.05) is 0 Å². The predicted octanol–water partition coefficient (Wildman–Crippen LogP) is 4.37. The molecule has 8 nitrogen and oxygen atoms in total. The molecular formula is C16H16ClF3N4O4. The topological polar surface area (TPSA) is 99.3 Å². The van der Waals surface area contributed by atoms with Crippen LogP contribution in [-0.4, -0.2) is 27.2 Å². The van der Waals surface area contributed by atoms with Crippen molar-refractivity contribution in [2.45, 2.75) is 33.0 Å². The molecule has 2 aromatic rings. The number of halogens is 4. The highest BCUT2D eigenvalue weighted by atomic mass is 35.5. The van der Waals surface area contributed by atoms with Gasteiger partial charge in [0.1, 0.15) is 17.5 Å². The molecule has 0 aliphatic heterocycles. The van der Waals surface area contributed by atoms with Gasteiger partial charge in [-0.05, 0) is 32.9 Å². The fourth-order valence-electron chi connectivity index (χ4n) is 2.43. The number of ether oxygens (including phenoxy) is 1. The number of carbonyl (C=O) groups excluding carboxylic acids is 1. The molecule has 28 heavy (non-hydrogen) atoms. The number of hydrogen-bond acceptors (Lipinski definition) is 5. The summed E-state index contributed by atoms with van der Waals surface area (Å²) in [6, 6.07) is 2.63. The molecule has 1 heterocycles. The Morgan fingerprint density at radius 3 is 2.61 bits per heavy atom. The number of amides is 1. The van der Waals surface area contributed by atoms with E-state index in [1.54, 1.807) is 6.92 Å². The van der Waals surface area contributed by atoms with Crippen LogP contribution in [0.4, 0.5) is 24.5 Å². The van der Waals surface area contributed by atoms with Gasteiger partial charge < -0.3 is 10.1 Å². The van der Waals surface area contributed by atoms with Crippen LogP contribution in [0.5, 0.6) is 5.75 Å². The summed E-state index contributed by atoms with van der Waals surface area (Å²) in [5.41, 5.74) is -1.91. The minimum atomic E-state index is -4.78. The van der Waals surface area contributed by atoms with Crippen LogP contribution in [0.25, 0.3) is 0 Å². The molecule has 152 valence electrons. The zero-order chi connectivity index (χ0) is 21.2. The Kier molecular flexibility index (Phi) is 6.17. The monoisotopic (exact) mass is 420 g/mol. The lowest BCUT2D eigenvalue weighted by Crippen LogP contribution is -2.26. The SMILES string of the molecule is CCOc1ccc(NC(=O)C(C)n2nc(C(F)(F)F)c(Cl)c2C)c([N+](=O)[O-])c1. The van der Waals surface area contributed by atoms with Gasteiger partial charge in [-0.2, -0.15) is 18.3 Å². The molecule has 0 bridgehead atoms. The van der Waals surface area contributed by atoms with Crippen molar-refractivity contribution in [3.63, 3.8) is 0 Å². The molecule has 0 aliphatic rings. The summed E-state index contributed by atoms with van der Waals surface area (Å²) in [5.74, 6) is -0.562. The Balaban J connectivity index is 2.32.